The number of carbonyl (C=O) groups excluding carboxylic acids is 2. The van der Waals surface area contributed by atoms with Crippen molar-refractivity contribution in [2.45, 2.75) is 19.8 Å². The zero-order valence-corrected chi connectivity index (χ0v) is 18.6. The van der Waals surface area contributed by atoms with Crippen LogP contribution in [0.3, 0.4) is 0 Å². The van der Waals surface area contributed by atoms with Gasteiger partial charge in [0, 0.05) is 12.1 Å². The highest BCUT2D eigenvalue weighted by Crippen LogP contribution is 2.21. The number of ether oxygens (including phenoxy) is 1. The highest BCUT2D eigenvalue weighted by molar-refractivity contribution is 14.1. The third-order valence-electron chi connectivity index (χ3n) is 3.88. The molecule has 2 rings (SSSR count). The normalized spacial score (nSPS) is 10.1. The highest BCUT2D eigenvalue weighted by atomic mass is 127. The number of para-hydroxylation sites is 1. The number of hydrogen-bond donors (Lipinski definition) is 3. The van der Waals surface area contributed by atoms with Crippen LogP contribution in [0.25, 0.3) is 0 Å². The summed E-state index contributed by atoms with van der Waals surface area (Å²) in [5.41, 5.74) is 1.46. The molecule has 0 fully saturated rings. The lowest BCUT2D eigenvalue weighted by Gasteiger charge is -2.14. The molecule has 0 radical (unpaired) electrons. The quantitative estimate of drug-likeness (QED) is 0.298. The van der Waals surface area contributed by atoms with E-state index >= 15 is 0 Å². The summed E-state index contributed by atoms with van der Waals surface area (Å²) in [5.74, 6) is 0.166. The molecule has 0 aromatic heterocycles. The first kappa shape index (κ1) is 22.1. The molecule has 2 amide bonds. The molecular weight excluding hydrogens is 489 g/mol. The van der Waals surface area contributed by atoms with E-state index in [1.54, 1.807) is 49.6 Å². The predicted molar refractivity (Wildman–Crippen MR) is 123 cm³/mol. The standard InChI is InChI=1S/C20H22IN3O3S/c1-3-4-11-22-19(26)14-7-5-6-8-16(14)23-20(28)24-18(25)13-9-10-17(27-2)15(21)12-13/h5-10,12H,3-4,11H2,1-2H3,(H,22,26)(H2,23,24,25,28). The van der Waals surface area contributed by atoms with Crippen molar-refractivity contribution in [2.75, 3.05) is 19.0 Å². The fraction of sp³-hybridized carbons (Fsp3) is 0.250. The van der Waals surface area contributed by atoms with Gasteiger partial charge in [0.1, 0.15) is 5.75 Å². The SMILES string of the molecule is CCCCNC(=O)c1ccccc1NC(=S)NC(=O)c1ccc(OC)c(I)c1. The van der Waals surface area contributed by atoms with Crippen LogP contribution in [0, 0.1) is 3.57 Å². The molecule has 0 aliphatic rings. The van der Waals surface area contributed by atoms with Gasteiger partial charge in [0.15, 0.2) is 5.11 Å². The van der Waals surface area contributed by atoms with Crippen LogP contribution in [0.4, 0.5) is 5.69 Å². The molecule has 0 spiro atoms. The topological polar surface area (TPSA) is 79.5 Å². The van der Waals surface area contributed by atoms with Crippen molar-refractivity contribution >= 4 is 57.4 Å². The maximum Gasteiger partial charge on any atom is 0.257 e. The number of methoxy groups -OCH3 is 1. The van der Waals surface area contributed by atoms with Gasteiger partial charge in [-0.1, -0.05) is 25.5 Å². The minimum atomic E-state index is -0.344. The lowest BCUT2D eigenvalue weighted by Crippen LogP contribution is -2.35. The summed E-state index contributed by atoms with van der Waals surface area (Å²) in [7, 11) is 1.58. The summed E-state index contributed by atoms with van der Waals surface area (Å²) >= 11 is 7.34. The van der Waals surface area contributed by atoms with Gasteiger partial charge in [-0.15, -0.1) is 0 Å². The van der Waals surface area contributed by atoms with Gasteiger partial charge < -0.3 is 15.4 Å². The van der Waals surface area contributed by atoms with E-state index in [0.717, 1.165) is 16.4 Å². The fourth-order valence-corrected chi connectivity index (χ4v) is 3.34. The van der Waals surface area contributed by atoms with Crippen LogP contribution in [-0.4, -0.2) is 30.6 Å². The smallest absolute Gasteiger partial charge is 0.257 e. The van der Waals surface area contributed by atoms with E-state index in [4.69, 9.17) is 17.0 Å². The highest BCUT2D eigenvalue weighted by Gasteiger charge is 2.14. The average Bonchev–Trinajstić information content (AvgIpc) is 2.68. The summed E-state index contributed by atoms with van der Waals surface area (Å²) in [6, 6.07) is 12.1. The van der Waals surface area contributed by atoms with Crippen molar-refractivity contribution in [3.05, 3.63) is 57.2 Å². The molecule has 0 atom stereocenters. The molecule has 8 heteroatoms. The van der Waals surface area contributed by atoms with E-state index < -0.39 is 0 Å². The van der Waals surface area contributed by atoms with Crippen LogP contribution in [-0.2, 0) is 0 Å². The first-order valence-electron chi connectivity index (χ1n) is 8.79. The minimum Gasteiger partial charge on any atom is -0.496 e. The third kappa shape index (κ3) is 6.16. The van der Waals surface area contributed by atoms with Crippen molar-refractivity contribution in [1.29, 1.82) is 0 Å². The number of rotatable bonds is 7. The second-order valence-corrected chi connectivity index (χ2v) is 7.48. The lowest BCUT2D eigenvalue weighted by molar-refractivity contribution is 0.0952. The van der Waals surface area contributed by atoms with Gasteiger partial charge in [-0.25, -0.2) is 0 Å². The van der Waals surface area contributed by atoms with Crippen molar-refractivity contribution in [3.63, 3.8) is 0 Å². The zero-order chi connectivity index (χ0) is 20.5. The number of anilines is 1. The molecule has 0 aliphatic carbocycles. The Morgan fingerprint density at radius 2 is 1.89 bits per heavy atom. The number of amides is 2. The van der Waals surface area contributed by atoms with Gasteiger partial charge in [-0.05, 0) is 71.6 Å². The van der Waals surface area contributed by atoms with Crippen LogP contribution in [0.15, 0.2) is 42.5 Å². The molecule has 0 bridgehead atoms. The predicted octanol–water partition coefficient (Wildman–Crippen LogP) is 3.96. The Kier molecular flexibility index (Phi) is 8.65. The second-order valence-electron chi connectivity index (χ2n) is 5.91. The summed E-state index contributed by atoms with van der Waals surface area (Å²) < 4.78 is 6.02. The van der Waals surface area contributed by atoms with Gasteiger partial charge in [0.05, 0.1) is 21.9 Å². The zero-order valence-electron chi connectivity index (χ0n) is 15.7. The minimum absolute atomic E-state index is 0.115. The van der Waals surface area contributed by atoms with Crippen LogP contribution in [0.5, 0.6) is 5.75 Å². The number of nitrogens with one attached hydrogen (secondary N) is 3. The largest absolute Gasteiger partial charge is 0.496 e. The molecule has 2 aromatic rings. The Labute approximate surface area is 183 Å². The third-order valence-corrected chi connectivity index (χ3v) is 4.92. The number of hydrogen-bond acceptors (Lipinski definition) is 4. The van der Waals surface area contributed by atoms with Crippen LogP contribution >= 0.6 is 34.8 Å². The van der Waals surface area contributed by atoms with E-state index in [-0.39, 0.29) is 16.9 Å². The Hall–Kier alpha value is -2.20. The van der Waals surface area contributed by atoms with Gasteiger partial charge in [0.25, 0.3) is 11.8 Å². The number of benzene rings is 2. The Bertz CT molecular complexity index is 874. The first-order chi connectivity index (χ1) is 13.5. The molecule has 148 valence electrons. The van der Waals surface area contributed by atoms with Crippen molar-refractivity contribution in [3.8, 4) is 5.75 Å². The van der Waals surface area contributed by atoms with E-state index in [1.165, 1.54) is 0 Å². The molecule has 0 saturated heterocycles. The molecular formula is C20H22IN3O3S. The number of carbonyl (C=O) groups is 2. The molecule has 28 heavy (non-hydrogen) atoms. The molecule has 0 saturated carbocycles. The lowest BCUT2D eigenvalue weighted by atomic mass is 10.1. The van der Waals surface area contributed by atoms with E-state index in [1.807, 2.05) is 0 Å². The molecule has 6 nitrogen and oxygen atoms in total. The molecule has 2 aromatic carbocycles. The molecule has 0 aliphatic heterocycles. The van der Waals surface area contributed by atoms with Gasteiger partial charge in [0.2, 0.25) is 0 Å². The number of unbranched alkanes of at least 4 members (excludes halogenated alkanes) is 1. The summed E-state index contributed by atoms with van der Waals surface area (Å²) in [5, 5.41) is 8.56. The Morgan fingerprint density at radius 3 is 2.57 bits per heavy atom. The second kappa shape index (κ2) is 11.0. The maximum absolute atomic E-state index is 12.4. The van der Waals surface area contributed by atoms with E-state index in [2.05, 4.69) is 45.5 Å². The van der Waals surface area contributed by atoms with Gasteiger partial charge >= 0.3 is 0 Å². The molecule has 0 unspecified atom stereocenters. The van der Waals surface area contributed by atoms with Crippen molar-refractivity contribution in [1.82, 2.24) is 10.6 Å². The van der Waals surface area contributed by atoms with E-state index in [0.29, 0.717) is 29.1 Å². The van der Waals surface area contributed by atoms with Crippen LogP contribution in [0.1, 0.15) is 40.5 Å². The van der Waals surface area contributed by atoms with Crippen molar-refractivity contribution in [2.24, 2.45) is 0 Å². The summed E-state index contributed by atoms with van der Waals surface area (Å²) in [4.78, 5) is 24.8. The fourth-order valence-electron chi connectivity index (χ4n) is 2.40. The first-order valence-corrected chi connectivity index (χ1v) is 10.3. The van der Waals surface area contributed by atoms with Crippen LogP contribution in [0.2, 0.25) is 0 Å². The van der Waals surface area contributed by atoms with Gasteiger partial charge in [-0.2, -0.15) is 0 Å². The van der Waals surface area contributed by atoms with E-state index in [9.17, 15) is 9.59 Å². The monoisotopic (exact) mass is 511 g/mol. The maximum atomic E-state index is 12.4. The molecule has 0 heterocycles. The number of thiocarbonyl (C=S) groups is 1. The van der Waals surface area contributed by atoms with Gasteiger partial charge in [-0.3, -0.25) is 14.9 Å². The van der Waals surface area contributed by atoms with Crippen LogP contribution < -0.4 is 20.7 Å². The average molecular weight is 511 g/mol. The summed E-state index contributed by atoms with van der Waals surface area (Å²) in [6.07, 6.45) is 1.91. The van der Waals surface area contributed by atoms with Crippen molar-refractivity contribution < 1.29 is 14.3 Å². The summed E-state index contributed by atoms with van der Waals surface area (Å²) in [6.45, 7) is 2.67. The Morgan fingerprint density at radius 1 is 1.14 bits per heavy atom. The Balaban J connectivity index is 2.04. The number of halogens is 1. The molecule has 3 N–H and O–H groups in total.